The first-order valence-corrected chi connectivity index (χ1v) is 11.1. The summed E-state index contributed by atoms with van der Waals surface area (Å²) in [6.07, 6.45) is 4.24. The number of rotatable bonds is 6. The number of hydrogen-bond donors (Lipinski definition) is 2. The van der Waals surface area contributed by atoms with E-state index in [1.54, 1.807) is 36.5 Å². The molecular formula is C23H20ClN3O4S. The Balaban J connectivity index is 1.65. The molecule has 9 heteroatoms. The lowest BCUT2D eigenvalue weighted by Crippen LogP contribution is -2.23. The fraction of sp³-hybridized carbons (Fsp3) is 0.174. The van der Waals surface area contributed by atoms with E-state index >= 15 is 0 Å². The second-order valence-electron chi connectivity index (χ2n) is 7.08. The van der Waals surface area contributed by atoms with Crippen LogP contribution < -0.4 is 20.1 Å². The lowest BCUT2D eigenvalue weighted by Gasteiger charge is -2.05. The molecule has 0 radical (unpaired) electrons. The zero-order valence-corrected chi connectivity index (χ0v) is 19.0. The van der Waals surface area contributed by atoms with Crippen LogP contribution in [0, 0.1) is 0 Å². The summed E-state index contributed by atoms with van der Waals surface area (Å²) in [6.45, 7) is 2.63. The highest BCUT2D eigenvalue weighted by atomic mass is 35.5. The second-order valence-corrected chi connectivity index (χ2v) is 8.50. The van der Waals surface area contributed by atoms with Gasteiger partial charge in [0.05, 0.1) is 22.4 Å². The minimum Gasteiger partial charge on any atom is -0.503 e. The number of fused-ring (bicyclic) bond motifs is 1. The highest BCUT2D eigenvalue weighted by Gasteiger charge is 2.13. The molecule has 164 valence electrons. The minimum absolute atomic E-state index is 0.114. The van der Waals surface area contributed by atoms with Gasteiger partial charge in [-0.1, -0.05) is 42.0 Å². The lowest BCUT2D eigenvalue weighted by molar-refractivity contribution is 0.0953. The van der Waals surface area contributed by atoms with E-state index in [9.17, 15) is 14.7 Å². The van der Waals surface area contributed by atoms with Gasteiger partial charge >= 0.3 is 0 Å². The molecule has 0 bridgehead atoms. The van der Waals surface area contributed by atoms with E-state index in [4.69, 9.17) is 16.3 Å². The third-order valence-electron chi connectivity index (χ3n) is 4.85. The molecule has 2 heterocycles. The number of phenolic OH excluding ortho intramolecular Hbond substituents is 1. The highest BCUT2D eigenvalue weighted by molar-refractivity contribution is 7.15. The molecule has 0 unspecified atom stereocenters. The van der Waals surface area contributed by atoms with Gasteiger partial charge in [-0.25, -0.2) is 4.98 Å². The van der Waals surface area contributed by atoms with E-state index < -0.39 is 0 Å². The standard InChI is InChI=1S/C23H20ClN3O4S/c1-3-8-25-21(29)15-6-4-14(5-7-15)17-12-27-22(30)19(32-23(27)26-17)11-13-9-16(24)20(28)18(10-13)31-2/h4-7,9-12,28H,3,8H2,1-2H3,(H,25,29). The Hall–Kier alpha value is -3.36. The number of ether oxygens (including phenoxy) is 1. The van der Waals surface area contributed by atoms with Crippen molar-refractivity contribution < 1.29 is 14.6 Å². The largest absolute Gasteiger partial charge is 0.503 e. The number of benzene rings is 2. The summed E-state index contributed by atoms with van der Waals surface area (Å²) >= 11 is 7.29. The summed E-state index contributed by atoms with van der Waals surface area (Å²) in [4.78, 5) is 30.0. The number of phenols is 1. The van der Waals surface area contributed by atoms with Crippen molar-refractivity contribution in [2.45, 2.75) is 13.3 Å². The van der Waals surface area contributed by atoms with Gasteiger partial charge in [-0.3, -0.25) is 14.0 Å². The zero-order valence-electron chi connectivity index (χ0n) is 17.4. The monoisotopic (exact) mass is 469 g/mol. The number of nitrogens with one attached hydrogen (secondary N) is 1. The molecule has 2 aromatic carbocycles. The number of aromatic hydroxyl groups is 1. The molecule has 0 aliphatic carbocycles. The van der Waals surface area contributed by atoms with Gasteiger partial charge in [0.25, 0.3) is 11.5 Å². The smallest absolute Gasteiger partial charge is 0.274 e. The number of thiazole rings is 1. The summed E-state index contributed by atoms with van der Waals surface area (Å²) in [6, 6.07) is 10.3. The first-order valence-electron chi connectivity index (χ1n) is 9.90. The van der Waals surface area contributed by atoms with Crippen LogP contribution >= 0.6 is 22.9 Å². The van der Waals surface area contributed by atoms with Crippen LogP contribution in [0.15, 0.2) is 47.4 Å². The van der Waals surface area contributed by atoms with Crippen LogP contribution in [-0.4, -0.2) is 34.1 Å². The number of amides is 1. The first-order chi connectivity index (χ1) is 15.4. The maximum Gasteiger partial charge on any atom is 0.274 e. The predicted octanol–water partition coefficient (Wildman–Crippen LogP) is 3.48. The molecule has 32 heavy (non-hydrogen) atoms. The Bertz CT molecular complexity index is 1410. The van der Waals surface area contributed by atoms with E-state index in [1.807, 2.05) is 19.1 Å². The summed E-state index contributed by atoms with van der Waals surface area (Å²) in [5, 5.41) is 12.9. The maximum absolute atomic E-state index is 12.9. The van der Waals surface area contributed by atoms with Crippen molar-refractivity contribution in [2.75, 3.05) is 13.7 Å². The average Bonchev–Trinajstić information content (AvgIpc) is 3.34. The van der Waals surface area contributed by atoms with Crippen LogP contribution in [-0.2, 0) is 0 Å². The molecule has 0 spiro atoms. The molecule has 0 aliphatic heterocycles. The van der Waals surface area contributed by atoms with Crippen LogP contribution in [0.3, 0.4) is 0 Å². The number of carbonyl (C=O) groups excluding carboxylic acids is 1. The number of halogens is 1. The first kappa shape index (κ1) is 21.9. The molecule has 4 aromatic rings. The molecule has 0 saturated carbocycles. The van der Waals surface area contributed by atoms with Gasteiger partial charge in [0.1, 0.15) is 0 Å². The fourth-order valence-electron chi connectivity index (χ4n) is 3.19. The third-order valence-corrected chi connectivity index (χ3v) is 6.12. The van der Waals surface area contributed by atoms with Crippen LogP contribution in [0.1, 0.15) is 29.3 Å². The minimum atomic E-state index is -0.206. The SMILES string of the molecule is CCCNC(=O)c1ccc(-c2cn3c(=O)c(=Cc4cc(Cl)c(O)c(OC)c4)sc3n2)cc1. The van der Waals surface area contributed by atoms with Crippen LogP contribution in [0.4, 0.5) is 0 Å². The van der Waals surface area contributed by atoms with E-state index in [0.717, 1.165) is 12.0 Å². The van der Waals surface area contributed by atoms with E-state index in [0.29, 0.717) is 32.9 Å². The van der Waals surface area contributed by atoms with E-state index in [2.05, 4.69) is 10.3 Å². The Morgan fingerprint density at radius 3 is 2.72 bits per heavy atom. The number of hydrogen-bond acceptors (Lipinski definition) is 6. The molecule has 0 aliphatic rings. The van der Waals surface area contributed by atoms with Crippen molar-refractivity contribution in [1.29, 1.82) is 0 Å². The number of imidazole rings is 1. The molecule has 2 aromatic heterocycles. The van der Waals surface area contributed by atoms with Crippen LogP contribution in [0.5, 0.6) is 11.5 Å². The Morgan fingerprint density at radius 2 is 2.06 bits per heavy atom. The Labute approximate surface area is 192 Å². The zero-order chi connectivity index (χ0) is 22.8. The second kappa shape index (κ2) is 9.02. The van der Waals surface area contributed by atoms with Crippen molar-refractivity contribution in [2.24, 2.45) is 0 Å². The predicted molar refractivity (Wildman–Crippen MR) is 126 cm³/mol. The molecule has 4 rings (SSSR count). The summed E-state index contributed by atoms with van der Waals surface area (Å²) in [5.41, 5.74) is 2.46. The fourth-order valence-corrected chi connectivity index (χ4v) is 4.36. The lowest BCUT2D eigenvalue weighted by atomic mass is 10.1. The van der Waals surface area contributed by atoms with Gasteiger partial charge in [0.15, 0.2) is 16.5 Å². The average molecular weight is 470 g/mol. The van der Waals surface area contributed by atoms with Crippen LogP contribution in [0.25, 0.3) is 22.3 Å². The third kappa shape index (κ3) is 4.19. The number of aromatic nitrogens is 2. The molecular weight excluding hydrogens is 450 g/mol. The van der Waals surface area contributed by atoms with Crippen LogP contribution in [0.2, 0.25) is 5.02 Å². The normalized spacial score (nSPS) is 11.8. The Morgan fingerprint density at radius 1 is 1.31 bits per heavy atom. The molecule has 7 nitrogen and oxygen atoms in total. The maximum atomic E-state index is 12.9. The quantitative estimate of drug-likeness (QED) is 0.451. The van der Waals surface area contributed by atoms with Gasteiger partial charge in [-0.05, 0) is 42.3 Å². The summed E-state index contributed by atoms with van der Waals surface area (Å²) in [5.74, 6) is -0.0306. The van der Waals surface area contributed by atoms with Gasteiger partial charge in [-0.2, -0.15) is 0 Å². The van der Waals surface area contributed by atoms with Crippen molar-refractivity contribution in [3.8, 4) is 22.8 Å². The van der Waals surface area contributed by atoms with Crippen molar-refractivity contribution in [1.82, 2.24) is 14.7 Å². The van der Waals surface area contributed by atoms with Gasteiger partial charge in [-0.15, -0.1) is 0 Å². The van der Waals surface area contributed by atoms with E-state index in [1.165, 1.54) is 22.8 Å². The number of carbonyl (C=O) groups is 1. The van der Waals surface area contributed by atoms with Crippen molar-refractivity contribution in [3.63, 3.8) is 0 Å². The summed E-state index contributed by atoms with van der Waals surface area (Å²) in [7, 11) is 1.43. The molecule has 0 atom stereocenters. The number of nitrogens with zero attached hydrogens (tertiary/aromatic N) is 2. The topological polar surface area (TPSA) is 92.9 Å². The van der Waals surface area contributed by atoms with Crippen molar-refractivity contribution in [3.05, 3.63) is 73.6 Å². The van der Waals surface area contributed by atoms with Crippen molar-refractivity contribution >= 4 is 39.9 Å². The van der Waals surface area contributed by atoms with E-state index in [-0.39, 0.29) is 28.0 Å². The highest BCUT2D eigenvalue weighted by Crippen LogP contribution is 2.35. The molecule has 0 fully saturated rings. The molecule has 0 saturated heterocycles. The Kier molecular flexibility index (Phi) is 6.16. The number of methoxy groups -OCH3 is 1. The molecule has 2 N–H and O–H groups in total. The van der Waals surface area contributed by atoms with Gasteiger partial charge < -0.3 is 15.2 Å². The summed E-state index contributed by atoms with van der Waals surface area (Å²) < 4.78 is 7.08. The van der Waals surface area contributed by atoms with Gasteiger partial charge in [0.2, 0.25) is 0 Å². The molecule has 1 amide bonds. The van der Waals surface area contributed by atoms with Gasteiger partial charge in [0, 0.05) is 23.9 Å².